The number of hydrogen-bond acceptors (Lipinski definition) is 4. The van der Waals surface area contributed by atoms with Gasteiger partial charge in [-0.3, -0.25) is 9.51 Å². The Morgan fingerprint density at radius 1 is 1.40 bits per heavy atom. The summed E-state index contributed by atoms with van der Waals surface area (Å²) in [5, 5.41) is 4.26. The van der Waals surface area contributed by atoms with Crippen molar-refractivity contribution < 1.29 is 4.52 Å². The first-order chi connectivity index (χ1) is 7.24. The van der Waals surface area contributed by atoms with Crippen molar-refractivity contribution in [2.24, 2.45) is 0 Å². The molecule has 0 unspecified atom stereocenters. The summed E-state index contributed by atoms with van der Waals surface area (Å²) in [4.78, 5) is 14.2. The Bertz CT molecular complexity index is 491. The van der Waals surface area contributed by atoms with Crippen molar-refractivity contribution >= 4 is 23.4 Å². The number of benzene rings is 1. The Balaban J connectivity index is 1.99. The van der Waals surface area contributed by atoms with E-state index >= 15 is 0 Å². The van der Waals surface area contributed by atoms with Crippen LogP contribution in [0.5, 0.6) is 0 Å². The largest absolute Gasteiger partial charge is 0.438 e. The van der Waals surface area contributed by atoms with E-state index < -0.39 is 5.76 Å². The molecule has 0 radical (unpaired) electrons. The molecule has 0 aliphatic carbocycles. The molecule has 0 atom stereocenters. The second-order valence-corrected chi connectivity index (χ2v) is 4.27. The maximum Gasteiger partial charge on any atom is 0.438 e. The van der Waals surface area contributed by atoms with Gasteiger partial charge in [-0.15, -0.1) is 11.8 Å². The van der Waals surface area contributed by atoms with Crippen molar-refractivity contribution in [1.82, 2.24) is 10.1 Å². The highest BCUT2D eigenvalue weighted by Crippen LogP contribution is 2.22. The van der Waals surface area contributed by atoms with Crippen LogP contribution in [0.4, 0.5) is 0 Å². The summed E-state index contributed by atoms with van der Waals surface area (Å²) >= 11 is 7.29. The number of rotatable bonds is 3. The van der Waals surface area contributed by atoms with Gasteiger partial charge in [-0.05, 0) is 24.3 Å². The molecule has 2 aromatic rings. The van der Waals surface area contributed by atoms with Crippen LogP contribution in [0.25, 0.3) is 0 Å². The van der Waals surface area contributed by atoms with Crippen molar-refractivity contribution in [2.45, 2.75) is 10.6 Å². The maximum absolute atomic E-state index is 10.6. The first-order valence-corrected chi connectivity index (χ1v) is 5.53. The van der Waals surface area contributed by atoms with Gasteiger partial charge in [0.15, 0.2) is 5.82 Å². The lowest BCUT2D eigenvalue weighted by molar-refractivity contribution is 0.383. The normalized spacial score (nSPS) is 10.5. The lowest BCUT2D eigenvalue weighted by Crippen LogP contribution is -1.95. The Hall–Kier alpha value is -1.20. The molecule has 1 N–H and O–H groups in total. The van der Waals surface area contributed by atoms with Crippen LogP contribution in [0, 0.1) is 0 Å². The van der Waals surface area contributed by atoms with Crippen molar-refractivity contribution in [1.29, 1.82) is 0 Å². The van der Waals surface area contributed by atoms with E-state index in [9.17, 15) is 4.79 Å². The number of halogens is 1. The summed E-state index contributed by atoms with van der Waals surface area (Å²) in [6.07, 6.45) is 0. The average molecular weight is 243 g/mol. The molecule has 2 rings (SSSR count). The number of H-pyrrole nitrogens is 1. The Morgan fingerprint density at radius 2 is 2.13 bits per heavy atom. The van der Waals surface area contributed by atoms with Crippen LogP contribution in [0.15, 0.2) is 38.5 Å². The van der Waals surface area contributed by atoms with Crippen LogP contribution >= 0.6 is 23.4 Å². The highest BCUT2D eigenvalue weighted by Gasteiger charge is 2.01. The van der Waals surface area contributed by atoms with E-state index in [2.05, 4.69) is 14.7 Å². The molecule has 0 spiro atoms. The van der Waals surface area contributed by atoms with Crippen molar-refractivity contribution in [2.75, 3.05) is 0 Å². The van der Waals surface area contributed by atoms with Gasteiger partial charge in [-0.25, -0.2) is 4.79 Å². The van der Waals surface area contributed by atoms with Crippen molar-refractivity contribution in [3.05, 3.63) is 45.7 Å². The zero-order valence-electron chi connectivity index (χ0n) is 7.57. The van der Waals surface area contributed by atoms with E-state index in [1.165, 1.54) is 0 Å². The van der Waals surface area contributed by atoms with Crippen LogP contribution < -0.4 is 5.76 Å². The molecule has 0 aliphatic rings. The van der Waals surface area contributed by atoms with E-state index in [0.29, 0.717) is 16.6 Å². The minimum absolute atomic E-state index is 0.526. The Kier molecular flexibility index (Phi) is 3.13. The second-order valence-electron chi connectivity index (χ2n) is 2.78. The zero-order chi connectivity index (χ0) is 10.7. The van der Waals surface area contributed by atoms with Gasteiger partial charge in [-0.2, -0.15) is 0 Å². The SMILES string of the molecule is O=c1[nH]c(CSc2ccc(Cl)cc2)no1. The summed E-state index contributed by atoms with van der Waals surface area (Å²) in [6, 6.07) is 7.45. The number of thioether (sulfide) groups is 1. The van der Waals surface area contributed by atoms with Crippen LogP contribution in [-0.4, -0.2) is 10.1 Å². The minimum atomic E-state index is -0.526. The van der Waals surface area contributed by atoms with Gasteiger partial charge < -0.3 is 0 Å². The topological polar surface area (TPSA) is 58.9 Å². The number of aromatic amines is 1. The highest BCUT2D eigenvalue weighted by atomic mass is 35.5. The molecule has 0 aliphatic heterocycles. The van der Waals surface area contributed by atoms with Crippen molar-refractivity contribution in [3.8, 4) is 0 Å². The van der Waals surface area contributed by atoms with Gasteiger partial charge in [-0.1, -0.05) is 16.8 Å². The summed E-state index contributed by atoms with van der Waals surface area (Å²) in [5.74, 6) is 0.564. The third-order valence-corrected chi connectivity index (χ3v) is 2.95. The van der Waals surface area contributed by atoms with E-state index in [1.54, 1.807) is 11.8 Å². The highest BCUT2D eigenvalue weighted by molar-refractivity contribution is 7.98. The second kappa shape index (κ2) is 4.55. The number of nitrogens with zero attached hydrogens (tertiary/aromatic N) is 1. The molecule has 1 aromatic carbocycles. The number of nitrogens with one attached hydrogen (secondary N) is 1. The minimum Gasteiger partial charge on any atom is -0.296 e. The fourth-order valence-corrected chi connectivity index (χ4v) is 1.89. The lowest BCUT2D eigenvalue weighted by Gasteiger charge is -1.97. The number of hydrogen-bond donors (Lipinski definition) is 1. The molecular formula is C9H7ClN2O2S. The van der Waals surface area contributed by atoms with E-state index in [-0.39, 0.29) is 0 Å². The first-order valence-electron chi connectivity index (χ1n) is 4.17. The molecule has 78 valence electrons. The zero-order valence-corrected chi connectivity index (χ0v) is 9.14. The van der Waals surface area contributed by atoms with E-state index in [1.807, 2.05) is 24.3 Å². The third-order valence-electron chi connectivity index (χ3n) is 1.67. The lowest BCUT2D eigenvalue weighted by atomic mass is 10.4. The van der Waals surface area contributed by atoms with Crippen LogP contribution in [0.3, 0.4) is 0 Å². The molecule has 0 bridgehead atoms. The van der Waals surface area contributed by atoms with E-state index in [0.717, 1.165) is 4.90 Å². The van der Waals surface area contributed by atoms with Crippen LogP contribution in [0.1, 0.15) is 5.82 Å². The van der Waals surface area contributed by atoms with Crippen molar-refractivity contribution in [3.63, 3.8) is 0 Å². The molecule has 1 aromatic heterocycles. The average Bonchev–Trinajstić information content (AvgIpc) is 2.64. The summed E-state index contributed by atoms with van der Waals surface area (Å²) in [5.41, 5.74) is 0. The van der Waals surface area contributed by atoms with Gasteiger partial charge in [0, 0.05) is 9.92 Å². The van der Waals surface area contributed by atoms with Gasteiger partial charge in [0.1, 0.15) is 0 Å². The molecule has 0 amide bonds. The van der Waals surface area contributed by atoms with E-state index in [4.69, 9.17) is 11.6 Å². The Labute approximate surface area is 94.6 Å². The molecule has 0 saturated carbocycles. The standard InChI is InChI=1S/C9H7ClN2O2S/c10-6-1-3-7(4-2-6)15-5-8-11-9(13)14-12-8/h1-4H,5H2,(H,11,12,13). The van der Waals surface area contributed by atoms with Gasteiger partial charge in [0.25, 0.3) is 0 Å². The summed E-state index contributed by atoms with van der Waals surface area (Å²) in [6.45, 7) is 0. The van der Waals surface area contributed by atoms with Gasteiger partial charge in [0.2, 0.25) is 0 Å². The first kappa shape index (κ1) is 10.3. The van der Waals surface area contributed by atoms with Crippen LogP contribution in [0.2, 0.25) is 5.02 Å². The summed E-state index contributed by atoms with van der Waals surface area (Å²) in [7, 11) is 0. The maximum atomic E-state index is 10.6. The van der Waals surface area contributed by atoms with Gasteiger partial charge in [0.05, 0.1) is 5.75 Å². The predicted octanol–water partition coefficient (Wildman–Crippen LogP) is 2.31. The molecule has 0 saturated heterocycles. The molecule has 6 heteroatoms. The third kappa shape index (κ3) is 2.87. The Morgan fingerprint density at radius 3 is 2.73 bits per heavy atom. The monoisotopic (exact) mass is 242 g/mol. The van der Waals surface area contributed by atoms with Gasteiger partial charge >= 0.3 is 5.76 Å². The quantitative estimate of drug-likeness (QED) is 0.839. The molecule has 1 heterocycles. The number of aromatic nitrogens is 2. The van der Waals surface area contributed by atoms with Crippen LogP contribution in [-0.2, 0) is 5.75 Å². The summed E-state index contributed by atoms with van der Waals surface area (Å²) < 4.78 is 4.38. The fourth-order valence-electron chi connectivity index (χ4n) is 1.00. The molecule has 15 heavy (non-hydrogen) atoms. The molecular weight excluding hydrogens is 236 g/mol. The molecule has 0 fully saturated rings. The fraction of sp³-hybridized carbons (Fsp3) is 0.111. The smallest absolute Gasteiger partial charge is 0.296 e. The molecule has 4 nitrogen and oxygen atoms in total. The predicted molar refractivity (Wildman–Crippen MR) is 58.1 cm³/mol.